The average molecular weight is 415 g/mol. The van der Waals surface area contributed by atoms with Gasteiger partial charge in [-0.15, -0.1) is 5.10 Å². The van der Waals surface area contributed by atoms with Crippen LogP contribution in [-0.4, -0.2) is 58.6 Å². The highest BCUT2D eigenvalue weighted by Gasteiger charge is 2.54. The van der Waals surface area contributed by atoms with Crippen molar-refractivity contribution < 1.29 is 24.1 Å². The maximum absolute atomic E-state index is 12.5. The molecule has 1 aliphatic rings. The van der Waals surface area contributed by atoms with Crippen molar-refractivity contribution in [1.29, 1.82) is 0 Å². The predicted octanol–water partition coefficient (Wildman–Crippen LogP) is 2.15. The molecule has 1 fully saturated rings. The number of esters is 1. The molecule has 162 valence electrons. The number of methoxy groups -OCH3 is 2. The molecular formula is C22H29N3O5. The monoisotopic (exact) mass is 415 g/mol. The van der Waals surface area contributed by atoms with E-state index in [2.05, 4.69) is 16.9 Å². The smallest absolute Gasteiger partial charge is 0.317 e. The highest BCUT2D eigenvalue weighted by atomic mass is 16.5. The number of ether oxygens (including phenoxy) is 3. The van der Waals surface area contributed by atoms with Gasteiger partial charge in [-0.25, -0.2) is 4.68 Å². The Kier molecular flexibility index (Phi) is 6.58. The molecule has 8 nitrogen and oxygen atoms in total. The van der Waals surface area contributed by atoms with Gasteiger partial charge in [0.05, 0.1) is 44.8 Å². The Labute approximate surface area is 176 Å². The number of hydrogen-bond acceptors (Lipinski definition) is 7. The van der Waals surface area contributed by atoms with E-state index in [1.807, 2.05) is 37.4 Å². The molecule has 0 saturated carbocycles. The van der Waals surface area contributed by atoms with Crippen molar-refractivity contribution in [1.82, 2.24) is 15.0 Å². The number of aliphatic hydroxyl groups excluding tert-OH is 1. The molecular weight excluding hydrogens is 386 g/mol. The first-order valence-corrected chi connectivity index (χ1v) is 9.92. The molecule has 0 amide bonds. The molecule has 1 N–H and O–H groups in total. The van der Waals surface area contributed by atoms with Gasteiger partial charge in [-0.2, -0.15) is 0 Å². The van der Waals surface area contributed by atoms with E-state index in [0.29, 0.717) is 25.0 Å². The zero-order valence-electron chi connectivity index (χ0n) is 17.9. The van der Waals surface area contributed by atoms with Crippen LogP contribution in [0.3, 0.4) is 0 Å². The van der Waals surface area contributed by atoms with E-state index >= 15 is 0 Å². The first kappa shape index (κ1) is 22.0. The summed E-state index contributed by atoms with van der Waals surface area (Å²) in [5.41, 5.74) is 1.08. The Morgan fingerprint density at radius 1 is 1.40 bits per heavy atom. The Morgan fingerprint density at radius 2 is 2.17 bits per heavy atom. The predicted molar refractivity (Wildman–Crippen MR) is 110 cm³/mol. The third kappa shape index (κ3) is 4.24. The molecule has 0 aliphatic carbocycles. The molecule has 4 unspecified atom stereocenters. The summed E-state index contributed by atoms with van der Waals surface area (Å²) < 4.78 is 18.0. The number of rotatable bonds is 7. The van der Waals surface area contributed by atoms with Crippen molar-refractivity contribution in [3.8, 4) is 5.75 Å². The topological polar surface area (TPSA) is 95.7 Å². The van der Waals surface area contributed by atoms with E-state index in [1.165, 1.54) is 7.11 Å². The summed E-state index contributed by atoms with van der Waals surface area (Å²) in [4.78, 5) is 12.5. The number of carbonyl (C=O) groups is 1. The van der Waals surface area contributed by atoms with Crippen LogP contribution in [0.15, 0.2) is 42.6 Å². The Hall–Kier alpha value is -2.71. The van der Waals surface area contributed by atoms with Gasteiger partial charge >= 0.3 is 5.97 Å². The van der Waals surface area contributed by atoms with Crippen LogP contribution in [0.25, 0.3) is 0 Å². The second-order valence-corrected chi connectivity index (χ2v) is 7.82. The molecule has 1 aliphatic heterocycles. The number of carbonyl (C=O) groups excluding carboxylic acids is 1. The van der Waals surface area contributed by atoms with Gasteiger partial charge in [0, 0.05) is 6.20 Å². The van der Waals surface area contributed by atoms with Gasteiger partial charge in [-0.05, 0) is 50.0 Å². The summed E-state index contributed by atoms with van der Waals surface area (Å²) in [6, 6.07) is 7.77. The first-order chi connectivity index (χ1) is 14.3. The zero-order valence-corrected chi connectivity index (χ0v) is 17.9. The van der Waals surface area contributed by atoms with E-state index in [9.17, 15) is 9.90 Å². The van der Waals surface area contributed by atoms with Crippen LogP contribution in [0, 0.1) is 5.41 Å². The summed E-state index contributed by atoms with van der Waals surface area (Å²) in [6.45, 7) is 7.93. The lowest BCUT2D eigenvalue weighted by Gasteiger charge is -2.46. The lowest BCUT2D eigenvalue weighted by molar-refractivity contribution is -0.187. The van der Waals surface area contributed by atoms with Crippen molar-refractivity contribution in [3.05, 3.63) is 53.9 Å². The highest BCUT2D eigenvalue weighted by Crippen LogP contribution is 2.41. The summed E-state index contributed by atoms with van der Waals surface area (Å²) in [7, 11) is 2.94. The fraction of sp³-hybridized carbons (Fsp3) is 0.500. The molecule has 2 aromatic rings. The van der Waals surface area contributed by atoms with Gasteiger partial charge in [0.15, 0.2) is 0 Å². The lowest BCUT2D eigenvalue weighted by Crippen LogP contribution is -2.57. The second kappa shape index (κ2) is 8.97. The van der Waals surface area contributed by atoms with Crippen molar-refractivity contribution in [2.45, 2.75) is 51.5 Å². The molecule has 1 aromatic carbocycles. The number of nitrogens with zero attached hydrogens (tertiary/aromatic N) is 3. The first-order valence-electron chi connectivity index (χ1n) is 9.92. The minimum Gasteiger partial charge on any atom is -0.497 e. The van der Waals surface area contributed by atoms with Crippen molar-refractivity contribution in [2.24, 2.45) is 5.41 Å². The van der Waals surface area contributed by atoms with Crippen LogP contribution in [-0.2, 0) is 27.2 Å². The van der Waals surface area contributed by atoms with Crippen LogP contribution < -0.4 is 4.74 Å². The van der Waals surface area contributed by atoms with Crippen LogP contribution in [0.2, 0.25) is 0 Å². The number of aliphatic hydroxyl groups is 1. The molecule has 4 atom stereocenters. The molecule has 3 rings (SSSR count). The Morgan fingerprint density at radius 3 is 2.87 bits per heavy atom. The largest absolute Gasteiger partial charge is 0.497 e. The van der Waals surface area contributed by atoms with E-state index in [0.717, 1.165) is 17.0 Å². The van der Waals surface area contributed by atoms with Gasteiger partial charge in [0.2, 0.25) is 0 Å². The molecule has 0 bridgehead atoms. The van der Waals surface area contributed by atoms with Crippen molar-refractivity contribution >= 4 is 5.97 Å². The van der Waals surface area contributed by atoms with Gasteiger partial charge in [-0.3, -0.25) is 4.79 Å². The molecule has 30 heavy (non-hydrogen) atoms. The van der Waals surface area contributed by atoms with E-state index in [4.69, 9.17) is 14.2 Å². The van der Waals surface area contributed by atoms with E-state index in [-0.39, 0.29) is 6.10 Å². The third-order valence-electron chi connectivity index (χ3n) is 5.83. The normalized spacial score (nSPS) is 26.4. The molecule has 8 heteroatoms. The number of hydrogen-bond donors (Lipinski definition) is 1. The standard InChI is InChI=1S/C22H29N3O5/c1-14-15(2)30-19(22(3,20(14)26)21(27)29-5)10-9-17-13-25(24-23-17)12-16-7-6-8-18(11-16)28-4/h6-8,11,13,15,19-20,26H,1,9-10,12H2,2-5H3. The van der Waals surface area contributed by atoms with Gasteiger partial charge in [-0.1, -0.05) is 23.9 Å². The maximum Gasteiger partial charge on any atom is 0.317 e. The fourth-order valence-corrected chi connectivity index (χ4v) is 3.86. The summed E-state index contributed by atoms with van der Waals surface area (Å²) in [6.07, 6.45) is 0.966. The zero-order chi connectivity index (χ0) is 21.9. The average Bonchev–Trinajstić information content (AvgIpc) is 3.20. The lowest BCUT2D eigenvalue weighted by atomic mass is 9.71. The third-order valence-corrected chi connectivity index (χ3v) is 5.83. The summed E-state index contributed by atoms with van der Waals surface area (Å²) in [5.74, 6) is 0.272. The Balaban J connectivity index is 1.69. The van der Waals surface area contributed by atoms with Crippen molar-refractivity contribution in [2.75, 3.05) is 14.2 Å². The van der Waals surface area contributed by atoms with Crippen molar-refractivity contribution in [3.63, 3.8) is 0 Å². The highest BCUT2D eigenvalue weighted by molar-refractivity contribution is 5.79. The summed E-state index contributed by atoms with van der Waals surface area (Å²) >= 11 is 0. The molecule has 0 radical (unpaired) electrons. The van der Waals surface area contributed by atoms with Gasteiger partial charge in [0.25, 0.3) is 0 Å². The SMILES string of the molecule is C=C1C(C)OC(CCc2cn(Cc3cccc(OC)c3)nn2)C(C)(C(=O)OC)C1O. The fourth-order valence-electron chi connectivity index (χ4n) is 3.86. The number of aryl methyl sites for hydroxylation is 1. The maximum atomic E-state index is 12.5. The quantitative estimate of drug-likeness (QED) is 0.547. The van der Waals surface area contributed by atoms with Crippen LogP contribution >= 0.6 is 0 Å². The van der Waals surface area contributed by atoms with E-state index in [1.54, 1.807) is 18.7 Å². The van der Waals surface area contributed by atoms with Crippen LogP contribution in [0.1, 0.15) is 31.5 Å². The molecule has 2 heterocycles. The molecule has 0 spiro atoms. The van der Waals surface area contributed by atoms with Crippen LogP contribution in [0.5, 0.6) is 5.75 Å². The minimum absolute atomic E-state index is 0.355. The van der Waals surface area contributed by atoms with Crippen LogP contribution in [0.4, 0.5) is 0 Å². The van der Waals surface area contributed by atoms with Gasteiger partial charge < -0.3 is 19.3 Å². The Bertz CT molecular complexity index is 912. The molecule has 1 aromatic heterocycles. The number of aromatic nitrogens is 3. The summed E-state index contributed by atoms with van der Waals surface area (Å²) in [5, 5.41) is 19.1. The number of benzene rings is 1. The molecule has 1 saturated heterocycles. The second-order valence-electron chi connectivity index (χ2n) is 7.82. The minimum atomic E-state index is -1.23. The van der Waals surface area contributed by atoms with Gasteiger partial charge in [0.1, 0.15) is 11.2 Å². The van der Waals surface area contributed by atoms with E-state index < -0.39 is 23.6 Å².